The molecule has 0 aliphatic carbocycles. The molecule has 2 heterocycles. The van der Waals surface area contributed by atoms with E-state index in [9.17, 15) is 9.59 Å². The van der Waals surface area contributed by atoms with Crippen LogP contribution in [0.1, 0.15) is 37.8 Å². The van der Waals surface area contributed by atoms with E-state index in [1.807, 2.05) is 73.9 Å². The molecule has 30 heavy (non-hydrogen) atoms. The number of aromatic nitrogens is 3. The van der Waals surface area contributed by atoms with Crippen molar-refractivity contribution in [2.24, 2.45) is 0 Å². The number of para-hydroxylation sites is 2. The van der Waals surface area contributed by atoms with Gasteiger partial charge in [0.25, 0.3) is 0 Å². The summed E-state index contributed by atoms with van der Waals surface area (Å²) in [6, 6.07) is 17.2. The average Bonchev–Trinajstić information content (AvgIpc) is 3.06. The fourth-order valence-corrected chi connectivity index (χ4v) is 3.47. The monoisotopic (exact) mass is 399 g/mol. The van der Waals surface area contributed by atoms with Crippen LogP contribution in [0.2, 0.25) is 0 Å². The summed E-state index contributed by atoms with van der Waals surface area (Å²) < 4.78 is 7.24. The highest BCUT2D eigenvalue weighted by Gasteiger charge is 2.19. The van der Waals surface area contributed by atoms with Gasteiger partial charge in [-0.25, -0.2) is 9.78 Å². The molecule has 0 spiro atoms. The van der Waals surface area contributed by atoms with Crippen LogP contribution in [0.5, 0.6) is 0 Å². The lowest BCUT2D eigenvalue weighted by molar-refractivity contribution is 0.0468. The molecular formula is C24H21N3O3. The van der Waals surface area contributed by atoms with Crippen LogP contribution in [0.15, 0.2) is 60.8 Å². The summed E-state index contributed by atoms with van der Waals surface area (Å²) in [7, 11) is 0. The summed E-state index contributed by atoms with van der Waals surface area (Å²) in [5.41, 5.74) is 5.79. The summed E-state index contributed by atoms with van der Waals surface area (Å²) in [6.07, 6.45) is 1.36. The van der Waals surface area contributed by atoms with Gasteiger partial charge in [0.15, 0.2) is 12.3 Å². The fraction of sp³-hybridized carbons (Fsp3) is 0.167. The second-order valence-electron chi connectivity index (χ2n) is 7.20. The Morgan fingerprint density at radius 2 is 1.67 bits per heavy atom. The molecule has 0 atom stereocenters. The van der Waals surface area contributed by atoms with Crippen LogP contribution in [0, 0.1) is 20.8 Å². The van der Waals surface area contributed by atoms with Gasteiger partial charge in [-0.05, 0) is 51.1 Å². The molecule has 0 aliphatic rings. The highest BCUT2D eigenvalue weighted by Crippen LogP contribution is 2.22. The topological polar surface area (TPSA) is 74.1 Å². The molecule has 6 nitrogen and oxygen atoms in total. The summed E-state index contributed by atoms with van der Waals surface area (Å²) in [6.45, 7) is 5.50. The maximum absolute atomic E-state index is 12.7. The molecule has 6 heteroatoms. The van der Waals surface area contributed by atoms with E-state index in [4.69, 9.17) is 4.74 Å². The Balaban J connectivity index is 1.50. The number of rotatable bonds is 5. The van der Waals surface area contributed by atoms with E-state index in [-0.39, 0.29) is 18.1 Å². The van der Waals surface area contributed by atoms with Crippen molar-refractivity contribution in [1.82, 2.24) is 14.5 Å². The summed E-state index contributed by atoms with van der Waals surface area (Å²) in [5, 5.41) is 0. The number of Topliss-reactive ketones (excluding diaryl/α,β-unsaturated/α-hetero) is 1. The number of nitrogens with zero attached hydrogens (tertiary/aromatic N) is 3. The van der Waals surface area contributed by atoms with Gasteiger partial charge in [-0.3, -0.25) is 9.78 Å². The minimum Gasteiger partial charge on any atom is -0.453 e. The van der Waals surface area contributed by atoms with Crippen LogP contribution in [0.25, 0.3) is 16.7 Å². The average molecular weight is 399 g/mol. The number of esters is 1. The van der Waals surface area contributed by atoms with Crippen molar-refractivity contribution in [3.63, 3.8) is 0 Å². The second-order valence-corrected chi connectivity index (χ2v) is 7.20. The van der Waals surface area contributed by atoms with E-state index >= 15 is 0 Å². The minimum atomic E-state index is -0.672. The SMILES string of the molecule is Cc1ccc(-n2c(C)cc(C(=O)COC(=O)c3cnc4ccccc4n3)c2C)cc1. The van der Waals surface area contributed by atoms with Gasteiger partial charge in [-0.2, -0.15) is 0 Å². The molecular weight excluding hydrogens is 378 g/mol. The largest absolute Gasteiger partial charge is 0.453 e. The van der Waals surface area contributed by atoms with Gasteiger partial charge in [0.1, 0.15) is 0 Å². The smallest absolute Gasteiger partial charge is 0.359 e. The molecule has 0 saturated heterocycles. The van der Waals surface area contributed by atoms with Crippen molar-refractivity contribution in [2.45, 2.75) is 20.8 Å². The summed E-state index contributed by atoms with van der Waals surface area (Å²) in [4.78, 5) is 33.6. The highest BCUT2D eigenvalue weighted by atomic mass is 16.5. The Labute approximate surface area is 174 Å². The molecule has 0 unspecified atom stereocenters. The van der Waals surface area contributed by atoms with E-state index in [0.29, 0.717) is 16.6 Å². The maximum Gasteiger partial charge on any atom is 0.359 e. The molecule has 0 amide bonds. The first-order chi connectivity index (χ1) is 14.4. The predicted octanol–water partition coefficient (Wildman–Crippen LogP) is 4.39. The van der Waals surface area contributed by atoms with Crippen LogP contribution in [-0.2, 0) is 4.74 Å². The van der Waals surface area contributed by atoms with Crippen molar-refractivity contribution < 1.29 is 14.3 Å². The lowest BCUT2D eigenvalue weighted by Crippen LogP contribution is -2.16. The summed E-state index contributed by atoms with van der Waals surface area (Å²) >= 11 is 0. The molecule has 0 saturated carbocycles. The van der Waals surface area contributed by atoms with E-state index in [1.54, 1.807) is 6.07 Å². The second kappa shape index (κ2) is 7.91. The number of aryl methyl sites for hydroxylation is 2. The number of benzene rings is 2. The van der Waals surface area contributed by atoms with Gasteiger partial charge in [-0.1, -0.05) is 29.8 Å². The first-order valence-corrected chi connectivity index (χ1v) is 9.62. The first-order valence-electron chi connectivity index (χ1n) is 9.62. The molecule has 0 N–H and O–H groups in total. The van der Waals surface area contributed by atoms with Crippen molar-refractivity contribution >= 4 is 22.8 Å². The molecule has 0 radical (unpaired) electrons. The number of carbonyl (C=O) groups excluding carboxylic acids is 2. The Kier molecular flexibility index (Phi) is 5.14. The van der Waals surface area contributed by atoms with Gasteiger partial charge < -0.3 is 9.30 Å². The number of fused-ring (bicyclic) bond motifs is 1. The molecule has 0 aliphatic heterocycles. The minimum absolute atomic E-state index is 0.0756. The first kappa shape index (κ1) is 19.5. The third kappa shape index (κ3) is 3.72. The third-order valence-electron chi connectivity index (χ3n) is 5.02. The van der Waals surface area contributed by atoms with E-state index in [0.717, 1.165) is 17.1 Å². The zero-order valence-electron chi connectivity index (χ0n) is 17.0. The Hall–Kier alpha value is -3.80. The Morgan fingerprint density at radius 1 is 0.967 bits per heavy atom. The Morgan fingerprint density at radius 3 is 2.40 bits per heavy atom. The number of carbonyl (C=O) groups is 2. The van der Waals surface area contributed by atoms with E-state index in [2.05, 4.69) is 9.97 Å². The molecule has 2 aromatic heterocycles. The van der Waals surface area contributed by atoms with Crippen molar-refractivity contribution in [3.8, 4) is 5.69 Å². The van der Waals surface area contributed by atoms with E-state index < -0.39 is 5.97 Å². The van der Waals surface area contributed by atoms with Crippen LogP contribution >= 0.6 is 0 Å². The quantitative estimate of drug-likeness (QED) is 0.368. The lowest BCUT2D eigenvalue weighted by Gasteiger charge is -2.10. The normalized spacial score (nSPS) is 10.9. The van der Waals surface area contributed by atoms with Gasteiger partial charge in [0, 0.05) is 22.6 Å². The molecule has 0 fully saturated rings. The van der Waals surface area contributed by atoms with Gasteiger partial charge >= 0.3 is 5.97 Å². The summed E-state index contributed by atoms with van der Waals surface area (Å²) in [5.74, 6) is -0.933. The van der Waals surface area contributed by atoms with Gasteiger partial charge in [0.05, 0.1) is 17.2 Å². The lowest BCUT2D eigenvalue weighted by atomic mass is 10.1. The molecule has 4 aromatic rings. The standard InChI is InChI=1S/C24H21N3O3/c1-15-8-10-18(11-9-15)27-16(2)12-19(17(27)3)23(28)14-30-24(29)22-13-25-20-6-4-5-7-21(20)26-22/h4-13H,14H2,1-3H3. The number of ketones is 1. The number of hydrogen-bond acceptors (Lipinski definition) is 5. The molecule has 150 valence electrons. The third-order valence-corrected chi connectivity index (χ3v) is 5.02. The molecule has 0 bridgehead atoms. The van der Waals surface area contributed by atoms with Crippen molar-refractivity contribution in [1.29, 1.82) is 0 Å². The molecule has 2 aromatic carbocycles. The van der Waals surface area contributed by atoms with Crippen LogP contribution in [0.4, 0.5) is 0 Å². The number of hydrogen-bond donors (Lipinski definition) is 0. The zero-order valence-corrected chi connectivity index (χ0v) is 17.0. The van der Waals surface area contributed by atoms with Crippen LogP contribution < -0.4 is 0 Å². The van der Waals surface area contributed by atoms with Crippen LogP contribution in [0.3, 0.4) is 0 Å². The highest BCUT2D eigenvalue weighted by molar-refractivity contribution is 6.00. The van der Waals surface area contributed by atoms with E-state index in [1.165, 1.54) is 11.8 Å². The Bertz CT molecular complexity index is 1260. The maximum atomic E-state index is 12.7. The zero-order chi connectivity index (χ0) is 21.3. The number of ether oxygens (including phenoxy) is 1. The van der Waals surface area contributed by atoms with Crippen LogP contribution in [-0.4, -0.2) is 32.9 Å². The van der Waals surface area contributed by atoms with Gasteiger partial charge in [0.2, 0.25) is 5.78 Å². The predicted molar refractivity (Wildman–Crippen MR) is 114 cm³/mol. The van der Waals surface area contributed by atoms with Gasteiger partial charge in [-0.15, -0.1) is 0 Å². The van der Waals surface area contributed by atoms with Crippen molar-refractivity contribution in [3.05, 3.63) is 89.0 Å². The molecule has 4 rings (SSSR count). The van der Waals surface area contributed by atoms with Crippen molar-refractivity contribution in [2.75, 3.05) is 6.61 Å². The fourth-order valence-electron chi connectivity index (χ4n) is 3.47.